The van der Waals surface area contributed by atoms with E-state index in [1.54, 1.807) is 14.2 Å². The molecule has 0 aliphatic rings. The standard InChI is InChI=1S/C13H18ClNO2/c1-9(2)10-5-6-11(12(7-10)17-4)8-15(3)13(14)16/h5-7,9H,8H2,1-4H3. The van der Waals surface area contributed by atoms with Crippen molar-refractivity contribution < 1.29 is 9.53 Å². The van der Waals surface area contributed by atoms with Gasteiger partial charge in [-0.25, -0.2) is 0 Å². The Labute approximate surface area is 107 Å². The number of carbonyl (C=O) groups is 1. The highest BCUT2D eigenvalue weighted by Gasteiger charge is 2.11. The van der Waals surface area contributed by atoms with Crippen LogP contribution in [0.5, 0.6) is 5.75 Å². The van der Waals surface area contributed by atoms with Gasteiger partial charge in [0.2, 0.25) is 0 Å². The fourth-order valence-corrected chi connectivity index (χ4v) is 1.63. The molecule has 1 aromatic rings. The first kappa shape index (κ1) is 13.8. The molecule has 0 spiro atoms. The molecule has 0 saturated heterocycles. The molecule has 0 radical (unpaired) electrons. The average molecular weight is 256 g/mol. The van der Waals surface area contributed by atoms with Gasteiger partial charge < -0.3 is 9.64 Å². The van der Waals surface area contributed by atoms with Crippen molar-refractivity contribution in [2.75, 3.05) is 14.2 Å². The fraction of sp³-hybridized carbons (Fsp3) is 0.462. The highest BCUT2D eigenvalue weighted by atomic mass is 35.5. The summed E-state index contributed by atoms with van der Waals surface area (Å²) in [6.45, 7) is 4.70. The summed E-state index contributed by atoms with van der Waals surface area (Å²) >= 11 is 5.40. The molecule has 0 aliphatic carbocycles. The van der Waals surface area contributed by atoms with Crippen LogP contribution in [0.4, 0.5) is 4.79 Å². The van der Waals surface area contributed by atoms with Crippen LogP contribution in [-0.2, 0) is 6.54 Å². The Morgan fingerprint density at radius 2 is 2.12 bits per heavy atom. The minimum Gasteiger partial charge on any atom is -0.496 e. The van der Waals surface area contributed by atoms with E-state index in [2.05, 4.69) is 19.9 Å². The number of carbonyl (C=O) groups excluding carboxylic acids is 1. The average Bonchev–Trinajstić information content (AvgIpc) is 2.28. The number of hydrogen-bond acceptors (Lipinski definition) is 2. The van der Waals surface area contributed by atoms with Crippen LogP contribution in [0, 0.1) is 0 Å². The first-order valence-electron chi connectivity index (χ1n) is 5.53. The van der Waals surface area contributed by atoms with Crippen LogP contribution in [0.25, 0.3) is 0 Å². The lowest BCUT2D eigenvalue weighted by molar-refractivity contribution is 0.230. The molecular formula is C13H18ClNO2. The van der Waals surface area contributed by atoms with E-state index in [1.807, 2.05) is 12.1 Å². The second-order valence-electron chi connectivity index (χ2n) is 4.34. The Morgan fingerprint density at radius 1 is 1.47 bits per heavy atom. The maximum Gasteiger partial charge on any atom is 0.316 e. The van der Waals surface area contributed by atoms with Gasteiger partial charge >= 0.3 is 5.37 Å². The number of hydrogen-bond donors (Lipinski definition) is 0. The van der Waals surface area contributed by atoms with Gasteiger partial charge in [-0.1, -0.05) is 26.0 Å². The lowest BCUT2D eigenvalue weighted by Crippen LogP contribution is -2.20. The van der Waals surface area contributed by atoms with Crippen molar-refractivity contribution in [3.05, 3.63) is 29.3 Å². The molecule has 0 aromatic heterocycles. The van der Waals surface area contributed by atoms with Gasteiger partial charge in [0.05, 0.1) is 13.7 Å². The SMILES string of the molecule is COc1cc(C(C)C)ccc1CN(C)C(=O)Cl. The Balaban J connectivity index is 2.96. The van der Waals surface area contributed by atoms with Gasteiger partial charge in [0.1, 0.15) is 5.75 Å². The van der Waals surface area contributed by atoms with E-state index >= 15 is 0 Å². The number of halogens is 1. The molecule has 0 bridgehead atoms. The third kappa shape index (κ3) is 3.63. The van der Waals surface area contributed by atoms with Gasteiger partial charge in [0, 0.05) is 12.6 Å². The maximum absolute atomic E-state index is 11.0. The number of amides is 1. The third-order valence-corrected chi connectivity index (χ3v) is 2.97. The molecule has 17 heavy (non-hydrogen) atoms. The largest absolute Gasteiger partial charge is 0.496 e. The predicted molar refractivity (Wildman–Crippen MR) is 69.8 cm³/mol. The van der Waals surface area contributed by atoms with Crippen molar-refractivity contribution in [3.8, 4) is 5.75 Å². The summed E-state index contributed by atoms with van der Waals surface area (Å²) in [5, 5.41) is -0.472. The van der Waals surface area contributed by atoms with Crippen molar-refractivity contribution in [3.63, 3.8) is 0 Å². The van der Waals surface area contributed by atoms with Crippen molar-refractivity contribution >= 4 is 17.0 Å². The highest BCUT2D eigenvalue weighted by molar-refractivity contribution is 6.62. The first-order valence-corrected chi connectivity index (χ1v) is 5.91. The van der Waals surface area contributed by atoms with E-state index in [-0.39, 0.29) is 0 Å². The quantitative estimate of drug-likeness (QED) is 0.608. The summed E-state index contributed by atoms with van der Waals surface area (Å²) in [5.74, 6) is 1.24. The van der Waals surface area contributed by atoms with Crippen LogP contribution in [0.3, 0.4) is 0 Å². The normalized spacial score (nSPS) is 10.5. The number of rotatable bonds is 4. The monoisotopic (exact) mass is 255 g/mol. The van der Waals surface area contributed by atoms with E-state index in [0.717, 1.165) is 11.3 Å². The highest BCUT2D eigenvalue weighted by Crippen LogP contribution is 2.25. The molecule has 0 saturated carbocycles. The molecule has 1 aromatic carbocycles. The van der Waals surface area contributed by atoms with Gasteiger partial charge in [-0.05, 0) is 29.1 Å². The van der Waals surface area contributed by atoms with Crippen LogP contribution >= 0.6 is 11.6 Å². The van der Waals surface area contributed by atoms with Crippen LogP contribution in [0.15, 0.2) is 18.2 Å². The van der Waals surface area contributed by atoms with Crippen molar-refractivity contribution in [1.29, 1.82) is 0 Å². The molecule has 94 valence electrons. The number of ether oxygens (including phenoxy) is 1. The summed E-state index contributed by atoms with van der Waals surface area (Å²) in [7, 11) is 3.29. The summed E-state index contributed by atoms with van der Waals surface area (Å²) in [6, 6.07) is 6.03. The van der Waals surface area contributed by atoms with Gasteiger partial charge in [-0.2, -0.15) is 0 Å². The van der Waals surface area contributed by atoms with Gasteiger partial charge in [0.25, 0.3) is 0 Å². The van der Waals surface area contributed by atoms with Crippen LogP contribution in [0.2, 0.25) is 0 Å². The van der Waals surface area contributed by atoms with E-state index in [4.69, 9.17) is 16.3 Å². The summed E-state index contributed by atoms with van der Waals surface area (Å²) in [6.07, 6.45) is 0. The minimum atomic E-state index is -0.472. The molecular weight excluding hydrogens is 238 g/mol. The zero-order chi connectivity index (χ0) is 13.0. The van der Waals surface area contributed by atoms with Crippen LogP contribution in [0.1, 0.15) is 30.9 Å². The molecule has 4 heteroatoms. The minimum absolute atomic E-state index is 0.448. The summed E-state index contributed by atoms with van der Waals surface area (Å²) < 4.78 is 5.34. The third-order valence-electron chi connectivity index (χ3n) is 2.69. The predicted octanol–water partition coefficient (Wildman–Crippen LogP) is 3.61. The molecule has 0 heterocycles. The van der Waals surface area contributed by atoms with Crippen molar-refractivity contribution in [2.24, 2.45) is 0 Å². The van der Waals surface area contributed by atoms with Crippen molar-refractivity contribution in [1.82, 2.24) is 4.90 Å². The molecule has 0 unspecified atom stereocenters. The molecule has 0 atom stereocenters. The Hall–Kier alpha value is -1.22. The topological polar surface area (TPSA) is 29.5 Å². The first-order chi connectivity index (χ1) is 7.95. The van der Waals surface area contributed by atoms with Crippen LogP contribution in [-0.4, -0.2) is 24.4 Å². The Morgan fingerprint density at radius 3 is 2.59 bits per heavy atom. The molecule has 0 fully saturated rings. The Kier molecular flexibility index (Phi) is 4.82. The second kappa shape index (κ2) is 5.92. The summed E-state index contributed by atoms with van der Waals surface area (Å²) in [5.41, 5.74) is 2.17. The molecule has 1 rings (SSSR count). The number of methoxy groups -OCH3 is 1. The van der Waals surface area contributed by atoms with Crippen LogP contribution < -0.4 is 4.74 Å². The molecule has 0 N–H and O–H groups in total. The zero-order valence-electron chi connectivity index (χ0n) is 10.7. The second-order valence-corrected chi connectivity index (χ2v) is 4.66. The lowest BCUT2D eigenvalue weighted by Gasteiger charge is -2.17. The smallest absolute Gasteiger partial charge is 0.316 e. The number of benzene rings is 1. The number of nitrogens with zero attached hydrogens (tertiary/aromatic N) is 1. The van der Waals surface area contributed by atoms with E-state index in [1.165, 1.54) is 10.5 Å². The fourth-order valence-electron chi connectivity index (χ4n) is 1.57. The van der Waals surface area contributed by atoms with Crippen molar-refractivity contribution in [2.45, 2.75) is 26.3 Å². The maximum atomic E-state index is 11.0. The van der Waals surface area contributed by atoms with Gasteiger partial charge in [-0.15, -0.1) is 0 Å². The van der Waals surface area contributed by atoms with Gasteiger partial charge in [-0.3, -0.25) is 4.79 Å². The zero-order valence-corrected chi connectivity index (χ0v) is 11.4. The molecule has 3 nitrogen and oxygen atoms in total. The summed E-state index contributed by atoms with van der Waals surface area (Å²) in [4.78, 5) is 12.4. The Bertz CT molecular complexity index is 404. The molecule has 0 aliphatic heterocycles. The van der Waals surface area contributed by atoms with E-state index < -0.39 is 5.37 Å². The lowest BCUT2D eigenvalue weighted by atomic mass is 10.0. The van der Waals surface area contributed by atoms with E-state index in [0.29, 0.717) is 12.5 Å². The van der Waals surface area contributed by atoms with Gasteiger partial charge in [0.15, 0.2) is 0 Å². The van der Waals surface area contributed by atoms with E-state index in [9.17, 15) is 4.79 Å². The molecule has 1 amide bonds.